The first-order valence-corrected chi connectivity index (χ1v) is 13.1. The number of ether oxygens (including phenoxy) is 1. The van der Waals surface area contributed by atoms with Gasteiger partial charge in [-0.25, -0.2) is 4.68 Å². The molecule has 0 bridgehead atoms. The Labute approximate surface area is 232 Å². The smallest absolute Gasteiger partial charge is 0.255 e. The molecule has 0 spiro atoms. The SMILES string of the molecule is CC1=C(C(=O)Nc2cccnc2)C(c2cccc(OCc3ccccc3)c2)n2nc(-c3ccccc3C)nc2N1. The molecule has 40 heavy (non-hydrogen) atoms. The van der Waals surface area contributed by atoms with Crippen molar-refractivity contribution in [2.75, 3.05) is 10.6 Å². The monoisotopic (exact) mass is 528 g/mol. The minimum atomic E-state index is -0.543. The van der Waals surface area contributed by atoms with E-state index in [-0.39, 0.29) is 5.91 Å². The molecule has 198 valence electrons. The van der Waals surface area contributed by atoms with Crippen LogP contribution >= 0.6 is 0 Å². The second kappa shape index (κ2) is 10.9. The summed E-state index contributed by atoms with van der Waals surface area (Å²) in [6, 6.07) is 28.8. The van der Waals surface area contributed by atoms with Gasteiger partial charge in [0.15, 0.2) is 5.82 Å². The van der Waals surface area contributed by atoms with Crippen molar-refractivity contribution in [1.29, 1.82) is 0 Å². The molecule has 3 heterocycles. The number of aryl methyl sites for hydroxylation is 1. The number of pyridine rings is 1. The summed E-state index contributed by atoms with van der Waals surface area (Å²) < 4.78 is 7.92. The molecular formula is C32H28N6O2. The number of benzene rings is 3. The molecule has 0 saturated heterocycles. The van der Waals surface area contributed by atoms with Gasteiger partial charge >= 0.3 is 0 Å². The van der Waals surface area contributed by atoms with Gasteiger partial charge in [0.1, 0.15) is 18.4 Å². The summed E-state index contributed by atoms with van der Waals surface area (Å²) in [5.74, 6) is 1.60. The maximum atomic E-state index is 13.8. The summed E-state index contributed by atoms with van der Waals surface area (Å²) in [6.07, 6.45) is 3.29. The van der Waals surface area contributed by atoms with E-state index in [1.807, 2.05) is 92.7 Å². The first-order chi connectivity index (χ1) is 19.6. The van der Waals surface area contributed by atoms with Gasteiger partial charge in [-0.2, -0.15) is 4.98 Å². The fourth-order valence-electron chi connectivity index (χ4n) is 4.84. The van der Waals surface area contributed by atoms with Gasteiger partial charge in [0.25, 0.3) is 5.91 Å². The molecule has 3 aromatic carbocycles. The quantitative estimate of drug-likeness (QED) is 0.263. The molecule has 1 aliphatic heterocycles. The summed E-state index contributed by atoms with van der Waals surface area (Å²) in [5, 5.41) is 11.2. The van der Waals surface area contributed by atoms with E-state index in [0.717, 1.165) is 22.3 Å². The van der Waals surface area contributed by atoms with Crippen LogP contribution in [0.25, 0.3) is 11.4 Å². The van der Waals surface area contributed by atoms with Gasteiger partial charge in [0.05, 0.1) is 17.5 Å². The van der Waals surface area contributed by atoms with Gasteiger partial charge in [-0.05, 0) is 54.8 Å². The first-order valence-electron chi connectivity index (χ1n) is 13.1. The number of nitrogens with one attached hydrogen (secondary N) is 2. The van der Waals surface area contributed by atoms with Crippen molar-refractivity contribution < 1.29 is 9.53 Å². The van der Waals surface area contributed by atoms with Gasteiger partial charge in [-0.15, -0.1) is 5.10 Å². The number of nitrogens with zero attached hydrogens (tertiary/aromatic N) is 4. The minimum Gasteiger partial charge on any atom is -0.489 e. The topological polar surface area (TPSA) is 94.0 Å². The van der Waals surface area contributed by atoms with Crippen molar-refractivity contribution in [3.63, 3.8) is 0 Å². The Morgan fingerprint density at radius 1 is 0.975 bits per heavy atom. The lowest BCUT2D eigenvalue weighted by atomic mass is 9.95. The average Bonchev–Trinajstić information content (AvgIpc) is 3.40. The summed E-state index contributed by atoms with van der Waals surface area (Å²) in [7, 11) is 0. The molecule has 1 atom stereocenters. The Morgan fingerprint density at radius 2 is 1.80 bits per heavy atom. The predicted octanol–water partition coefficient (Wildman–Crippen LogP) is 6.16. The molecule has 5 aromatic rings. The molecular weight excluding hydrogens is 500 g/mol. The van der Waals surface area contributed by atoms with Crippen LogP contribution in [-0.4, -0.2) is 25.7 Å². The highest BCUT2D eigenvalue weighted by Crippen LogP contribution is 2.38. The zero-order valence-electron chi connectivity index (χ0n) is 22.2. The molecule has 2 aromatic heterocycles. The standard InChI is InChI=1S/C32H28N6O2/c1-21-10-6-7-16-27(21)30-36-32-34-22(2)28(31(39)35-25-14-9-17-33-19-25)29(38(32)37-30)24-13-8-15-26(18-24)40-20-23-11-4-3-5-12-23/h3-19,29H,20H2,1-2H3,(H,35,39)(H,34,36,37). The number of fused-ring (bicyclic) bond motifs is 1. The fraction of sp³-hybridized carbons (Fsp3) is 0.125. The summed E-state index contributed by atoms with van der Waals surface area (Å²) in [4.78, 5) is 22.7. The van der Waals surface area contributed by atoms with Crippen LogP contribution in [0.3, 0.4) is 0 Å². The molecule has 0 radical (unpaired) electrons. The highest BCUT2D eigenvalue weighted by molar-refractivity contribution is 6.06. The molecule has 8 heteroatoms. The number of amides is 1. The van der Waals surface area contributed by atoms with E-state index in [9.17, 15) is 4.79 Å². The van der Waals surface area contributed by atoms with Gasteiger partial charge in [0.2, 0.25) is 5.95 Å². The third kappa shape index (κ3) is 5.07. The Morgan fingerprint density at radius 3 is 2.60 bits per heavy atom. The number of anilines is 2. The third-order valence-corrected chi connectivity index (χ3v) is 6.82. The summed E-state index contributed by atoms with van der Waals surface area (Å²) >= 11 is 0. The van der Waals surface area contributed by atoms with Crippen LogP contribution in [0.2, 0.25) is 0 Å². The molecule has 1 amide bonds. The van der Waals surface area contributed by atoms with Crippen molar-refractivity contribution in [1.82, 2.24) is 19.7 Å². The third-order valence-electron chi connectivity index (χ3n) is 6.82. The zero-order chi connectivity index (χ0) is 27.5. The Hall–Kier alpha value is -5.24. The van der Waals surface area contributed by atoms with E-state index in [4.69, 9.17) is 14.8 Å². The van der Waals surface area contributed by atoms with Crippen LogP contribution in [0, 0.1) is 6.92 Å². The number of allylic oxidation sites excluding steroid dienone is 1. The van der Waals surface area contributed by atoms with E-state index in [2.05, 4.69) is 15.6 Å². The highest BCUT2D eigenvalue weighted by Gasteiger charge is 2.35. The second-order valence-corrected chi connectivity index (χ2v) is 9.63. The van der Waals surface area contributed by atoms with Crippen molar-refractivity contribution in [2.45, 2.75) is 26.5 Å². The minimum absolute atomic E-state index is 0.253. The van der Waals surface area contributed by atoms with Gasteiger partial charge in [-0.3, -0.25) is 9.78 Å². The van der Waals surface area contributed by atoms with Crippen LogP contribution in [-0.2, 0) is 11.4 Å². The van der Waals surface area contributed by atoms with Crippen LogP contribution in [0.1, 0.15) is 29.7 Å². The Balaban J connectivity index is 1.41. The Bertz CT molecular complexity index is 1700. The number of carbonyl (C=O) groups is 1. The average molecular weight is 529 g/mol. The number of hydrogen-bond donors (Lipinski definition) is 2. The van der Waals surface area contributed by atoms with Crippen LogP contribution in [0.4, 0.5) is 11.6 Å². The maximum absolute atomic E-state index is 13.8. The number of carbonyl (C=O) groups excluding carboxylic acids is 1. The van der Waals surface area contributed by atoms with Crippen LogP contribution < -0.4 is 15.4 Å². The van der Waals surface area contributed by atoms with E-state index in [1.54, 1.807) is 29.2 Å². The highest BCUT2D eigenvalue weighted by atomic mass is 16.5. The molecule has 0 fully saturated rings. The van der Waals surface area contributed by atoms with Gasteiger partial charge < -0.3 is 15.4 Å². The second-order valence-electron chi connectivity index (χ2n) is 9.63. The molecule has 2 N–H and O–H groups in total. The first kappa shape index (κ1) is 25.1. The zero-order valence-corrected chi connectivity index (χ0v) is 22.2. The normalized spacial score (nSPS) is 14.3. The molecule has 1 unspecified atom stereocenters. The van der Waals surface area contributed by atoms with Crippen molar-refractivity contribution >= 4 is 17.5 Å². The van der Waals surface area contributed by atoms with E-state index >= 15 is 0 Å². The largest absolute Gasteiger partial charge is 0.489 e. The van der Waals surface area contributed by atoms with E-state index in [1.165, 1.54) is 0 Å². The summed E-state index contributed by atoms with van der Waals surface area (Å²) in [5.41, 5.74) is 5.75. The van der Waals surface area contributed by atoms with Crippen molar-refractivity contribution in [3.05, 3.63) is 131 Å². The lowest BCUT2D eigenvalue weighted by molar-refractivity contribution is -0.113. The Kier molecular flexibility index (Phi) is 6.80. The van der Waals surface area contributed by atoms with Gasteiger partial charge in [-0.1, -0.05) is 66.7 Å². The summed E-state index contributed by atoms with van der Waals surface area (Å²) in [6.45, 7) is 4.35. The van der Waals surface area contributed by atoms with E-state index in [0.29, 0.717) is 41.1 Å². The molecule has 8 nitrogen and oxygen atoms in total. The number of aromatic nitrogens is 4. The lowest BCUT2D eigenvalue weighted by Gasteiger charge is -2.29. The molecule has 0 aliphatic carbocycles. The van der Waals surface area contributed by atoms with E-state index < -0.39 is 6.04 Å². The van der Waals surface area contributed by atoms with Crippen molar-refractivity contribution in [3.8, 4) is 17.1 Å². The van der Waals surface area contributed by atoms with Crippen molar-refractivity contribution in [2.24, 2.45) is 0 Å². The van der Waals surface area contributed by atoms with Gasteiger partial charge in [0, 0.05) is 17.5 Å². The number of hydrogen-bond acceptors (Lipinski definition) is 6. The predicted molar refractivity (Wildman–Crippen MR) is 155 cm³/mol. The molecule has 1 aliphatic rings. The fourth-order valence-corrected chi connectivity index (χ4v) is 4.84. The lowest BCUT2D eigenvalue weighted by Crippen LogP contribution is -2.31. The molecule has 0 saturated carbocycles. The van der Waals surface area contributed by atoms with Crippen LogP contribution in [0.5, 0.6) is 5.75 Å². The number of rotatable bonds is 7. The molecule has 6 rings (SSSR count). The van der Waals surface area contributed by atoms with Crippen LogP contribution in [0.15, 0.2) is 115 Å². The maximum Gasteiger partial charge on any atom is 0.255 e.